The second-order valence-corrected chi connectivity index (χ2v) is 7.33. The van der Waals surface area contributed by atoms with Crippen molar-refractivity contribution in [2.24, 2.45) is 0 Å². The van der Waals surface area contributed by atoms with Crippen LogP contribution in [0.2, 0.25) is 0 Å². The molecule has 0 spiro atoms. The monoisotopic (exact) mass is 382 g/mol. The molecule has 0 radical (unpaired) electrons. The molecule has 0 saturated heterocycles. The fourth-order valence-corrected chi connectivity index (χ4v) is 3.55. The van der Waals surface area contributed by atoms with Gasteiger partial charge in [0, 0.05) is 5.69 Å². The molecule has 3 aromatic rings. The molecule has 0 atom stereocenters. The Hall–Kier alpha value is -3.32. The molecule has 0 unspecified atom stereocenters. The maximum Gasteiger partial charge on any atom is 0.261 e. The Bertz CT molecular complexity index is 1030. The number of nitrogens with one attached hydrogen (secondary N) is 2. The van der Waals surface area contributed by atoms with Gasteiger partial charge in [-0.2, -0.15) is 0 Å². The summed E-state index contributed by atoms with van der Waals surface area (Å²) in [7, 11) is -2.24. The summed E-state index contributed by atoms with van der Waals surface area (Å²) in [6, 6.07) is 21.3. The van der Waals surface area contributed by atoms with Crippen LogP contribution in [0.15, 0.2) is 83.8 Å². The first-order valence-electron chi connectivity index (χ1n) is 8.12. The first-order chi connectivity index (χ1) is 13.0. The Balaban J connectivity index is 1.84. The molecule has 0 fully saturated rings. The number of carbonyl (C=O) groups is 1. The first kappa shape index (κ1) is 18.5. The summed E-state index contributed by atoms with van der Waals surface area (Å²) in [6.45, 7) is 0. The number of para-hydroxylation sites is 1. The van der Waals surface area contributed by atoms with Gasteiger partial charge in [0.2, 0.25) is 0 Å². The van der Waals surface area contributed by atoms with Gasteiger partial charge in [-0.3, -0.25) is 9.52 Å². The lowest BCUT2D eigenvalue weighted by Gasteiger charge is -2.13. The zero-order chi connectivity index (χ0) is 19.3. The van der Waals surface area contributed by atoms with E-state index in [0.717, 1.165) is 0 Å². The molecular weight excluding hydrogens is 364 g/mol. The zero-order valence-corrected chi connectivity index (χ0v) is 15.4. The molecule has 0 aliphatic carbocycles. The minimum absolute atomic E-state index is 0.121. The number of ether oxygens (including phenoxy) is 1. The Labute approximate surface area is 157 Å². The molecule has 7 heteroatoms. The fraction of sp³-hybridized carbons (Fsp3) is 0.0500. The minimum atomic E-state index is -3.80. The third-order valence-corrected chi connectivity index (χ3v) is 5.20. The van der Waals surface area contributed by atoms with Crippen LogP contribution in [-0.4, -0.2) is 21.4 Å². The molecule has 0 bridgehead atoms. The third-order valence-electron chi connectivity index (χ3n) is 3.82. The highest BCUT2D eigenvalue weighted by molar-refractivity contribution is 7.92. The number of anilines is 2. The summed E-state index contributed by atoms with van der Waals surface area (Å²) in [5.74, 6) is 0.246. The van der Waals surface area contributed by atoms with Crippen molar-refractivity contribution in [3.8, 4) is 5.75 Å². The molecule has 2 N–H and O–H groups in total. The average Bonchev–Trinajstić information content (AvgIpc) is 2.69. The van der Waals surface area contributed by atoms with Crippen LogP contribution < -0.4 is 14.8 Å². The number of benzene rings is 3. The number of amides is 1. The molecular formula is C20H18N2O4S. The van der Waals surface area contributed by atoms with Crippen molar-refractivity contribution in [1.82, 2.24) is 0 Å². The van der Waals surface area contributed by atoms with E-state index in [-0.39, 0.29) is 16.1 Å². The Morgan fingerprint density at radius 1 is 0.852 bits per heavy atom. The summed E-state index contributed by atoms with van der Waals surface area (Å²) in [5.41, 5.74) is 0.988. The predicted molar refractivity (Wildman–Crippen MR) is 105 cm³/mol. The highest BCUT2D eigenvalue weighted by atomic mass is 32.2. The van der Waals surface area contributed by atoms with Gasteiger partial charge in [-0.05, 0) is 48.5 Å². The number of rotatable bonds is 6. The van der Waals surface area contributed by atoms with E-state index in [9.17, 15) is 13.2 Å². The summed E-state index contributed by atoms with van der Waals surface area (Å²) in [4.78, 5) is 12.8. The van der Waals surface area contributed by atoms with Crippen molar-refractivity contribution in [2.75, 3.05) is 17.1 Å². The predicted octanol–water partition coefficient (Wildman–Crippen LogP) is 3.75. The number of sulfonamides is 1. The van der Waals surface area contributed by atoms with E-state index in [1.165, 1.54) is 12.1 Å². The van der Waals surface area contributed by atoms with Crippen LogP contribution in [0.4, 0.5) is 11.4 Å². The summed E-state index contributed by atoms with van der Waals surface area (Å²) < 4.78 is 32.7. The molecule has 27 heavy (non-hydrogen) atoms. The van der Waals surface area contributed by atoms with Gasteiger partial charge in [0.05, 0.1) is 23.3 Å². The van der Waals surface area contributed by atoms with Crippen molar-refractivity contribution in [1.29, 1.82) is 0 Å². The van der Waals surface area contributed by atoms with Gasteiger partial charge >= 0.3 is 0 Å². The van der Waals surface area contributed by atoms with Gasteiger partial charge in [-0.15, -0.1) is 0 Å². The fourth-order valence-electron chi connectivity index (χ4n) is 2.45. The van der Waals surface area contributed by atoms with Crippen LogP contribution in [0, 0.1) is 0 Å². The third kappa shape index (κ3) is 4.45. The van der Waals surface area contributed by atoms with Crippen LogP contribution in [0.3, 0.4) is 0 Å². The number of hydrogen-bond donors (Lipinski definition) is 2. The van der Waals surface area contributed by atoms with E-state index in [0.29, 0.717) is 11.4 Å². The lowest BCUT2D eigenvalue weighted by atomic mass is 10.1. The van der Waals surface area contributed by atoms with E-state index in [4.69, 9.17) is 4.74 Å². The van der Waals surface area contributed by atoms with Crippen molar-refractivity contribution in [3.63, 3.8) is 0 Å². The molecule has 0 aliphatic rings. The lowest BCUT2D eigenvalue weighted by Crippen LogP contribution is -2.18. The number of hydrogen-bond acceptors (Lipinski definition) is 4. The standard InChI is InChI=1S/C20H18N2O4S/c1-26-16-13-11-15(12-14-16)21-20(23)18-9-5-6-10-19(18)22-27(24,25)17-7-3-2-4-8-17/h2-14,22H,1H3,(H,21,23). The van der Waals surface area contributed by atoms with Crippen molar-refractivity contribution in [2.45, 2.75) is 4.90 Å². The molecule has 3 rings (SSSR count). The van der Waals surface area contributed by atoms with Crippen molar-refractivity contribution < 1.29 is 17.9 Å². The summed E-state index contributed by atoms with van der Waals surface area (Å²) >= 11 is 0. The average molecular weight is 382 g/mol. The number of carbonyl (C=O) groups excluding carboxylic acids is 1. The molecule has 0 heterocycles. The minimum Gasteiger partial charge on any atom is -0.497 e. The Morgan fingerprint density at radius 3 is 2.15 bits per heavy atom. The molecule has 0 aliphatic heterocycles. The largest absolute Gasteiger partial charge is 0.497 e. The van der Waals surface area contributed by atoms with Crippen molar-refractivity contribution in [3.05, 3.63) is 84.4 Å². The van der Waals surface area contributed by atoms with Gasteiger partial charge in [0.15, 0.2) is 0 Å². The van der Waals surface area contributed by atoms with E-state index >= 15 is 0 Å². The van der Waals surface area contributed by atoms with E-state index in [1.807, 2.05) is 0 Å². The maximum atomic E-state index is 12.6. The van der Waals surface area contributed by atoms with Gasteiger partial charge in [0.1, 0.15) is 5.75 Å². The molecule has 0 aromatic heterocycles. The number of methoxy groups -OCH3 is 1. The second kappa shape index (κ2) is 7.92. The quantitative estimate of drug-likeness (QED) is 0.680. The smallest absolute Gasteiger partial charge is 0.261 e. The maximum absolute atomic E-state index is 12.6. The van der Waals surface area contributed by atoms with Gasteiger partial charge in [-0.1, -0.05) is 30.3 Å². The Kier molecular flexibility index (Phi) is 5.42. The Morgan fingerprint density at radius 2 is 1.48 bits per heavy atom. The molecule has 0 saturated carbocycles. The lowest BCUT2D eigenvalue weighted by molar-refractivity contribution is 0.102. The van der Waals surface area contributed by atoms with E-state index in [2.05, 4.69) is 10.0 Å². The van der Waals surface area contributed by atoms with Crippen LogP contribution in [0.5, 0.6) is 5.75 Å². The SMILES string of the molecule is COc1ccc(NC(=O)c2ccccc2NS(=O)(=O)c2ccccc2)cc1. The first-order valence-corrected chi connectivity index (χ1v) is 9.60. The van der Waals surface area contributed by atoms with E-state index < -0.39 is 15.9 Å². The topological polar surface area (TPSA) is 84.5 Å². The molecule has 3 aromatic carbocycles. The van der Waals surface area contributed by atoms with Crippen LogP contribution >= 0.6 is 0 Å². The highest BCUT2D eigenvalue weighted by Crippen LogP contribution is 2.22. The van der Waals surface area contributed by atoms with Gasteiger partial charge in [-0.25, -0.2) is 8.42 Å². The molecule has 1 amide bonds. The van der Waals surface area contributed by atoms with Crippen molar-refractivity contribution >= 4 is 27.3 Å². The zero-order valence-electron chi connectivity index (χ0n) is 14.5. The highest BCUT2D eigenvalue weighted by Gasteiger charge is 2.18. The molecule has 138 valence electrons. The van der Waals surface area contributed by atoms with E-state index in [1.54, 1.807) is 73.8 Å². The van der Waals surface area contributed by atoms with Crippen LogP contribution in [0.25, 0.3) is 0 Å². The second-order valence-electron chi connectivity index (χ2n) is 5.65. The van der Waals surface area contributed by atoms with Crippen LogP contribution in [0.1, 0.15) is 10.4 Å². The van der Waals surface area contributed by atoms with Crippen LogP contribution in [-0.2, 0) is 10.0 Å². The van der Waals surface area contributed by atoms with Gasteiger partial charge < -0.3 is 10.1 Å². The normalized spacial score (nSPS) is 10.9. The summed E-state index contributed by atoms with van der Waals surface area (Å²) in [6.07, 6.45) is 0. The van der Waals surface area contributed by atoms with Gasteiger partial charge in [0.25, 0.3) is 15.9 Å². The molecule has 6 nitrogen and oxygen atoms in total. The summed E-state index contributed by atoms with van der Waals surface area (Å²) in [5, 5.41) is 2.75.